The molecule has 0 radical (unpaired) electrons. The summed E-state index contributed by atoms with van der Waals surface area (Å²) in [5.74, 6) is 0. The van der Waals surface area contributed by atoms with Gasteiger partial charge in [0.15, 0.2) is 0 Å². The molecule has 0 aliphatic rings. The Bertz CT molecular complexity index is 447. The Kier molecular flexibility index (Phi) is 2.63. The van der Waals surface area contributed by atoms with Crippen molar-refractivity contribution in [2.75, 3.05) is 0 Å². The third-order valence-corrected chi connectivity index (χ3v) is 4.73. The summed E-state index contributed by atoms with van der Waals surface area (Å²) in [6.07, 6.45) is 1.04. The molecule has 0 unspecified atom stereocenters. The van der Waals surface area contributed by atoms with Gasteiger partial charge in [0.05, 0.1) is 4.47 Å². The minimum Gasteiger partial charge on any atom is -0.122 e. The molecular formula is C10H8BrClS. The fourth-order valence-corrected chi connectivity index (χ4v) is 3.50. The highest BCUT2D eigenvalue weighted by Crippen LogP contribution is 2.40. The van der Waals surface area contributed by atoms with Gasteiger partial charge in [0.1, 0.15) is 4.34 Å². The van der Waals surface area contributed by atoms with Crippen LogP contribution in [0.1, 0.15) is 12.5 Å². The molecule has 3 heteroatoms. The minimum absolute atomic E-state index is 0.843. The van der Waals surface area contributed by atoms with Crippen LogP contribution in [-0.4, -0.2) is 0 Å². The molecule has 2 rings (SSSR count). The zero-order chi connectivity index (χ0) is 9.42. The molecule has 0 bridgehead atoms. The smallest absolute Gasteiger partial charge is 0.108 e. The monoisotopic (exact) mass is 274 g/mol. The zero-order valence-corrected chi connectivity index (χ0v) is 10.3. The van der Waals surface area contributed by atoms with Crippen molar-refractivity contribution in [2.45, 2.75) is 13.3 Å². The summed E-state index contributed by atoms with van der Waals surface area (Å²) in [5, 5.41) is 1.28. The first-order valence-corrected chi connectivity index (χ1v) is 6.08. The Morgan fingerprint density at radius 2 is 2.23 bits per heavy atom. The molecule has 0 atom stereocenters. The van der Waals surface area contributed by atoms with Gasteiger partial charge >= 0.3 is 0 Å². The quantitative estimate of drug-likeness (QED) is 0.696. The third-order valence-electron chi connectivity index (χ3n) is 2.09. The maximum absolute atomic E-state index is 6.05. The first-order valence-electron chi connectivity index (χ1n) is 4.09. The molecule has 0 amide bonds. The number of aryl methyl sites for hydroxylation is 1. The Morgan fingerprint density at radius 1 is 1.46 bits per heavy atom. The summed E-state index contributed by atoms with van der Waals surface area (Å²) in [6, 6.07) is 6.34. The van der Waals surface area contributed by atoms with E-state index < -0.39 is 0 Å². The van der Waals surface area contributed by atoms with Crippen molar-refractivity contribution >= 4 is 49.0 Å². The highest BCUT2D eigenvalue weighted by molar-refractivity contribution is 9.10. The fourth-order valence-electron chi connectivity index (χ4n) is 1.45. The van der Waals surface area contributed by atoms with Crippen LogP contribution in [0, 0.1) is 0 Å². The summed E-state index contributed by atoms with van der Waals surface area (Å²) in [4.78, 5) is 0. The van der Waals surface area contributed by atoms with Gasteiger partial charge in [-0.25, -0.2) is 0 Å². The molecule has 2 aromatic rings. The number of rotatable bonds is 1. The van der Waals surface area contributed by atoms with Gasteiger partial charge in [0.25, 0.3) is 0 Å². The molecule has 68 valence electrons. The molecule has 13 heavy (non-hydrogen) atoms. The number of thiophene rings is 1. The Balaban J connectivity index is 2.87. The molecule has 0 N–H and O–H groups in total. The summed E-state index contributed by atoms with van der Waals surface area (Å²) in [7, 11) is 0. The van der Waals surface area contributed by atoms with Crippen molar-refractivity contribution in [2.24, 2.45) is 0 Å². The van der Waals surface area contributed by atoms with Crippen LogP contribution in [0.25, 0.3) is 10.1 Å². The summed E-state index contributed by atoms with van der Waals surface area (Å²) in [6.45, 7) is 2.16. The van der Waals surface area contributed by atoms with Gasteiger partial charge < -0.3 is 0 Å². The zero-order valence-electron chi connectivity index (χ0n) is 7.10. The number of fused-ring (bicyclic) bond motifs is 1. The normalized spacial score (nSPS) is 11.0. The van der Waals surface area contributed by atoms with Gasteiger partial charge in [-0.1, -0.05) is 30.7 Å². The highest BCUT2D eigenvalue weighted by atomic mass is 79.9. The second-order valence-corrected chi connectivity index (χ2v) is 5.28. The average Bonchev–Trinajstić information content (AvgIpc) is 2.43. The Labute approximate surface area is 94.7 Å². The Hall–Kier alpha value is -0.0500. The van der Waals surface area contributed by atoms with Crippen molar-refractivity contribution in [1.29, 1.82) is 0 Å². The lowest BCUT2D eigenvalue weighted by molar-refractivity contribution is 1.16. The third kappa shape index (κ3) is 1.51. The molecule has 0 saturated heterocycles. The van der Waals surface area contributed by atoms with E-state index in [0.717, 1.165) is 15.2 Å². The predicted octanol–water partition coefficient (Wildman–Crippen LogP) is 4.88. The number of hydrogen-bond donors (Lipinski definition) is 0. The van der Waals surface area contributed by atoms with E-state index in [1.54, 1.807) is 11.3 Å². The van der Waals surface area contributed by atoms with Crippen LogP contribution < -0.4 is 0 Å². The number of halogens is 2. The summed E-state index contributed by atoms with van der Waals surface area (Å²) >= 11 is 11.2. The highest BCUT2D eigenvalue weighted by Gasteiger charge is 2.10. The maximum Gasteiger partial charge on any atom is 0.108 e. The molecular weight excluding hydrogens is 268 g/mol. The van der Waals surface area contributed by atoms with Crippen molar-refractivity contribution in [3.05, 3.63) is 32.6 Å². The van der Waals surface area contributed by atoms with Gasteiger partial charge in [-0.05, 0) is 34.0 Å². The van der Waals surface area contributed by atoms with Gasteiger partial charge in [-0.15, -0.1) is 11.3 Å². The van der Waals surface area contributed by atoms with Gasteiger partial charge in [0.2, 0.25) is 0 Å². The van der Waals surface area contributed by atoms with Crippen LogP contribution >= 0.6 is 38.9 Å². The molecule has 0 nitrogen and oxygen atoms in total. The molecule has 0 fully saturated rings. The van der Waals surface area contributed by atoms with E-state index in [9.17, 15) is 0 Å². The van der Waals surface area contributed by atoms with Gasteiger partial charge in [-0.3, -0.25) is 0 Å². The fraction of sp³-hybridized carbons (Fsp3) is 0.200. The second kappa shape index (κ2) is 3.60. The largest absolute Gasteiger partial charge is 0.122 e. The van der Waals surface area contributed by atoms with E-state index in [1.807, 2.05) is 0 Å². The van der Waals surface area contributed by atoms with Crippen LogP contribution in [0.15, 0.2) is 22.7 Å². The second-order valence-electron chi connectivity index (χ2n) is 2.83. The minimum atomic E-state index is 0.843. The van der Waals surface area contributed by atoms with Gasteiger partial charge in [-0.2, -0.15) is 0 Å². The maximum atomic E-state index is 6.05. The number of hydrogen-bond acceptors (Lipinski definition) is 1. The lowest BCUT2D eigenvalue weighted by atomic mass is 10.1. The standard InChI is InChI=1S/C10H8BrClS/c1-2-6-4-3-5-7-8(6)9(11)10(12)13-7/h3-5H,2H2,1H3. The van der Waals surface area contributed by atoms with E-state index >= 15 is 0 Å². The van der Waals surface area contributed by atoms with Crippen LogP contribution in [0.5, 0.6) is 0 Å². The SMILES string of the molecule is CCc1cccc2sc(Cl)c(Br)c12. The van der Waals surface area contributed by atoms with E-state index in [4.69, 9.17) is 11.6 Å². The van der Waals surface area contributed by atoms with Crippen LogP contribution in [0.3, 0.4) is 0 Å². The van der Waals surface area contributed by atoms with Gasteiger partial charge in [0, 0.05) is 10.1 Å². The number of benzene rings is 1. The lowest BCUT2D eigenvalue weighted by Gasteiger charge is -1.98. The van der Waals surface area contributed by atoms with E-state index in [1.165, 1.54) is 15.6 Å². The van der Waals surface area contributed by atoms with Crippen molar-refractivity contribution in [3.8, 4) is 0 Å². The summed E-state index contributed by atoms with van der Waals surface area (Å²) in [5.41, 5.74) is 1.35. The molecule has 0 saturated carbocycles. The Morgan fingerprint density at radius 3 is 2.92 bits per heavy atom. The van der Waals surface area contributed by atoms with E-state index in [0.29, 0.717) is 0 Å². The topological polar surface area (TPSA) is 0 Å². The van der Waals surface area contributed by atoms with Crippen molar-refractivity contribution in [3.63, 3.8) is 0 Å². The van der Waals surface area contributed by atoms with E-state index in [-0.39, 0.29) is 0 Å². The molecule has 1 aromatic carbocycles. The first kappa shape index (κ1) is 9.50. The average molecular weight is 276 g/mol. The predicted molar refractivity (Wildman–Crippen MR) is 63.9 cm³/mol. The van der Waals surface area contributed by atoms with Crippen LogP contribution in [-0.2, 0) is 6.42 Å². The summed E-state index contributed by atoms with van der Waals surface area (Å²) < 4.78 is 3.15. The molecule has 0 spiro atoms. The molecule has 1 aromatic heterocycles. The first-order chi connectivity index (χ1) is 6.24. The van der Waals surface area contributed by atoms with Crippen LogP contribution in [0.4, 0.5) is 0 Å². The van der Waals surface area contributed by atoms with E-state index in [2.05, 4.69) is 41.1 Å². The van der Waals surface area contributed by atoms with Crippen molar-refractivity contribution in [1.82, 2.24) is 0 Å². The van der Waals surface area contributed by atoms with Crippen LogP contribution in [0.2, 0.25) is 4.34 Å². The van der Waals surface area contributed by atoms with Crippen molar-refractivity contribution < 1.29 is 0 Å². The molecule has 0 aliphatic heterocycles. The lowest BCUT2D eigenvalue weighted by Crippen LogP contribution is -1.79. The molecule has 0 aliphatic carbocycles. The molecule has 1 heterocycles.